The Hall–Kier alpha value is -2.89. The van der Waals surface area contributed by atoms with Gasteiger partial charge in [0.1, 0.15) is 0 Å². The number of unbranched alkanes of at least 4 members (excludes halogenated alkanes) is 5. The average Bonchev–Trinajstić information content (AvgIpc) is 2.75. The second-order valence-corrected chi connectivity index (χ2v) is 7.49. The Kier molecular flexibility index (Phi) is 9.32. The average molecular weight is 414 g/mol. The van der Waals surface area contributed by atoms with Gasteiger partial charge in [0.2, 0.25) is 0 Å². The van der Waals surface area contributed by atoms with Gasteiger partial charge in [-0.05, 0) is 49.1 Å². The number of hydrogen-bond donors (Lipinski definition) is 0. The van der Waals surface area contributed by atoms with Gasteiger partial charge < -0.3 is 9.47 Å². The number of ether oxygens (including phenoxy) is 2. The largest absolute Gasteiger partial charge is 0.484 e. The maximum atomic E-state index is 11.6. The lowest BCUT2D eigenvalue weighted by Crippen LogP contribution is -2.12. The molecule has 0 amide bonds. The number of rotatable bonds is 12. The van der Waals surface area contributed by atoms with Crippen LogP contribution in [0.4, 0.5) is 5.69 Å². The lowest BCUT2D eigenvalue weighted by molar-refractivity contribution is -0.386. The monoisotopic (exact) mass is 413 g/mol. The second-order valence-electron chi connectivity index (χ2n) is 7.49. The minimum absolute atomic E-state index is 0.0562. The fraction of sp³-hybridized carbons (Fsp3) is 0.458. The van der Waals surface area contributed by atoms with Gasteiger partial charge in [0.15, 0.2) is 5.75 Å². The van der Waals surface area contributed by atoms with Crippen LogP contribution in [0.1, 0.15) is 69.2 Å². The van der Waals surface area contributed by atoms with Gasteiger partial charge in [-0.1, -0.05) is 57.2 Å². The predicted molar refractivity (Wildman–Crippen MR) is 118 cm³/mol. The van der Waals surface area contributed by atoms with Crippen molar-refractivity contribution in [3.8, 4) is 16.9 Å². The van der Waals surface area contributed by atoms with Crippen molar-refractivity contribution in [1.29, 1.82) is 0 Å². The summed E-state index contributed by atoms with van der Waals surface area (Å²) in [6.45, 7) is 4.15. The van der Waals surface area contributed by atoms with Crippen molar-refractivity contribution in [2.45, 2.75) is 64.9 Å². The molecule has 2 aromatic rings. The van der Waals surface area contributed by atoms with E-state index in [1.807, 2.05) is 6.92 Å². The highest BCUT2D eigenvalue weighted by Gasteiger charge is 2.19. The number of carbonyl (C=O) groups is 1. The molecule has 0 saturated heterocycles. The number of nitrogens with zero attached hydrogens (tertiary/aromatic N) is 1. The highest BCUT2D eigenvalue weighted by molar-refractivity contribution is 5.90. The fourth-order valence-electron chi connectivity index (χ4n) is 3.34. The molecule has 30 heavy (non-hydrogen) atoms. The number of esters is 1. The zero-order chi connectivity index (χ0) is 21.9. The summed E-state index contributed by atoms with van der Waals surface area (Å²) in [5, 5.41) is 11.6. The highest BCUT2D eigenvalue weighted by Crippen LogP contribution is 2.33. The molecule has 0 N–H and O–H groups in total. The molecule has 2 rings (SSSR count). The molecule has 6 heteroatoms. The maximum Gasteiger partial charge on any atom is 0.337 e. The van der Waals surface area contributed by atoms with E-state index in [0.29, 0.717) is 11.1 Å². The summed E-state index contributed by atoms with van der Waals surface area (Å²) in [4.78, 5) is 22.7. The van der Waals surface area contributed by atoms with Crippen LogP contribution in [0.2, 0.25) is 0 Å². The molecule has 0 unspecified atom stereocenters. The molecule has 0 saturated carbocycles. The van der Waals surface area contributed by atoms with Gasteiger partial charge in [0.25, 0.3) is 0 Å². The van der Waals surface area contributed by atoms with E-state index in [0.717, 1.165) is 24.8 Å². The van der Waals surface area contributed by atoms with Gasteiger partial charge in [-0.25, -0.2) is 4.79 Å². The zero-order valence-corrected chi connectivity index (χ0v) is 18.1. The molecule has 0 aliphatic carbocycles. The Morgan fingerprint density at radius 3 is 2.27 bits per heavy atom. The van der Waals surface area contributed by atoms with Gasteiger partial charge in [0.05, 0.1) is 23.7 Å². The quantitative estimate of drug-likeness (QED) is 0.170. The number of hydrogen-bond acceptors (Lipinski definition) is 5. The minimum atomic E-state index is -0.421. The van der Waals surface area contributed by atoms with E-state index in [1.54, 1.807) is 36.4 Å². The molecule has 6 nitrogen and oxygen atoms in total. The summed E-state index contributed by atoms with van der Waals surface area (Å²) < 4.78 is 10.6. The SMILES string of the molecule is CCCCCCCC[C@H](C)Oc1ccc(-c2ccc(C(=O)OC)cc2)cc1[N+](=O)[O-]. The minimum Gasteiger partial charge on any atom is -0.484 e. The Labute approximate surface area is 178 Å². The molecule has 0 fully saturated rings. The van der Waals surface area contributed by atoms with Crippen molar-refractivity contribution in [2.75, 3.05) is 7.11 Å². The van der Waals surface area contributed by atoms with Crippen LogP contribution in [0.3, 0.4) is 0 Å². The Bertz CT molecular complexity index is 832. The Morgan fingerprint density at radius 2 is 1.63 bits per heavy atom. The molecular weight excluding hydrogens is 382 g/mol. The summed E-state index contributed by atoms with van der Waals surface area (Å²) in [7, 11) is 1.33. The van der Waals surface area contributed by atoms with Crippen molar-refractivity contribution < 1.29 is 19.2 Å². The van der Waals surface area contributed by atoms with E-state index in [-0.39, 0.29) is 17.5 Å². The Balaban J connectivity index is 2.04. The van der Waals surface area contributed by atoms with E-state index in [1.165, 1.54) is 38.9 Å². The van der Waals surface area contributed by atoms with E-state index in [4.69, 9.17) is 9.47 Å². The first-order valence-corrected chi connectivity index (χ1v) is 10.6. The van der Waals surface area contributed by atoms with E-state index in [9.17, 15) is 14.9 Å². The highest BCUT2D eigenvalue weighted by atomic mass is 16.6. The van der Waals surface area contributed by atoms with E-state index >= 15 is 0 Å². The lowest BCUT2D eigenvalue weighted by atomic mass is 10.0. The zero-order valence-electron chi connectivity index (χ0n) is 18.1. The maximum absolute atomic E-state index is 11.6. The van der Waals surface area contributed by atoms with Gasteiger partial charge in [-0.2, -0.15) is 0 Å². The summed E-state index contributed by atoms with van der Waals surface area (Å²) in [6, 6.07) is 11.7. The summed E-state index contributed by atoms with van der Waals surface area (Å²) >= 11 is 0. The topological polar surface area (TPSA) is 78.7 Å². The second kappa shape index (κ2) is 12.0. The first-order chi connectivity index (χ1) is 14.5. The number of nitro benzene ring substituents is 1. The molecule has 1 atom stereocenters. The normalized spacial score (nSPS) is 11.7. The lowest BCUT2D eigenvalue weighted by Gasteiger charge is -2.15. The van der Waals surface area contributed by atoms with Crippen LogP contribution in [-0.2, 0) is 4.74 Å². The van der Waals surface area contributed by atoms with Gasteiger partial charge >= 0.3 is 11.7 Å². The first kappa shape index (κ1) is 23.4. The number of methoxy groups -OCH3 is 1. The molecule has 0 aromatic heterocycles. The van der Waals surface area contributed by atoms with E-state index in [2.05, 4.69) is 6.92 Å². The third kappa shape index (κ3) is 6.87. The number of benzene rings is 2. The van der Waals surface area contributed by atoms with Gasteiger partial charge in [0, 0.05) is 6.07 Å². The molecular formula is C24H31NO5. The van der Waals surface area contributed by atoms with Crippen molar-refractivity contribution in [2.24, 2.45) is 0 Å². The van der Waals surface area contributed by atoms with Gasteiger partial charge in [-0.3, -0.25) is 10.1 Å². The van der Waals surface area contributed by atoms with Gasteiger partial charge in [-0.15, -0.1) is 0 Å². The number of nitro groups is 1. The van der Waals surface area contributed by atoms with Crippen LogP contribution in [0, 0.1) is 10.1 Å². The number of carbonyl (C=O) groups excluding carboxylic acids is 1. The summed E-state index contributed by atoms with van der Waals surface area (Å²) in [5.74, 6) is -0.135. The first-order valence-electron chi connectivity index (χ1n) is 10.6. The molecule has 0 spiro atoms. The molecule has 2 aromatic carbocycles. The van der Waals surface area contributed by atoms with Crippen LogP contribution in [-0.4, -0.2) is 24.1 Å². The van der Waals surface area contributed by atoms with Crippen LogP contribution < -0.4 is 4.74 Å². The third-order valence-corrected chi connectivity index (χ3v) is 5.09. The van der Waals surface area contributed by atoms with Crippen LogP contribution in [0.5, 0.6) is 5.75 Å². The predicted octanol–water partition coefficient (Wildman–Crippen LogP) is 6.57. The van der Waals surface area contributed by atoms with Crippen LogP contribution in [0.25, 0.3) is 11.1 Å². The molecule has 162 valence electrons. The summed E-state index contributed by atoms with van der Waals surface area (Å²) in [6.07, 6.45) is 8.01. The van der Waals surface area contributed by atoms with E-state index < -0.39 is 10.9 Å². The third-order valence-electron chi connectivity index (χ3n) is 5.09. The molecule has 0 radical (unpaired) electrons. The fourth-order valence-corrected chi connectivity index (χ4v) is 3.34. The molecule has 0 aliphatic heterocycles. The smallest absolute Gasteiger partial charge is 0.337 e. The van der Waals surface area contributed by atoms with Crippen molar-refractivity contribution in [3.63, 3.8) is 0 Å². The van der Waals surface area contributed by atoms with Crippen LogP contribution in [0.15, 0.2) is 42.5 Å². The van der Waals surface area contributed by atoms with Crippen LogP contribution >= 0.6 is 0 Å². The van der Waals surface area contributed by atoms with Crippen molar-refractivity contribution in [3.05, 3.63) is 58.1 Å². The Morgan fingerprint density at radius 1 is 1.00 bits per heavy atom. The molecule has 0 aliphatic rings. The van der Waals surface area contributed by atoms with Crippen molar-refractivity contribution >= 4 is 11.7 Å². The molecule has 0 heterocycles. The standard InChI is InChI=1S/C24H31NO5/c1-4-5-6-7-8-9-10-18(2)30-23-16-15-21(17-22(23)25(27)28)19-11-13-20(14-12-19)24(26)29-3/h11-18H,4-10H2,1-3H3/t18-/m0/s1. The summed E-state index contributed by atoms with van der Waals surface area (Å²) in [5.41, 5.74) is 1.84. The van der Waals surface area contributed by atoms with Crippen molar-refractivity contribution in [1.82, 2.24) is 0 Å². The molecule has 0 bridgehead atoms.